The molecule has 1 aromatic rings. The van der Waals surface area contributed by atoms with E-state index < -0.39 is 0 Å². The Hall–Kier alpha value is -1.18. The lowest BCUT2D eigenvalue weighted by Crippen LogP contribution is -1.95. The number of hydrogen-bond acceptors (Lipinski definition) is 2. The van der Waals surface area contributed by atoms with Gasteiger partial charge in [0.1, 0.15) is 0 Å². The standard InChI is InChI=1S/C8H12N2.C2H6/c1-6-3-4-8(10-2)7(9)5-6;1-2/h3-5,10H,9H2,1-2H3;1-2H3. The largest absolute Gasteiger partial charge is 0.397 e. The Morgan fingerprint density at radius 2 is 1.83 bits per heavy atom. The summed E-state index contributed by atoms with van der Waals surface area (Å²) >= 11 is 0. The van der Waals surface area contributed by atoms with Gasteiger partial charge in [-0.05, 0) is 24.6 Å². The molecule has 1 aromatic carbocycles. The number of nitrogen functional groups attached to an aromatic ring is 1. The van der Waals surface area contributed by atoms with Gasteiger partial charge in [0.25, 0.3) is 0 Å². The van der Waals surface area contributed by atoms with Crippen molar-refractivity contribution in [3.05, 3.63) is 23.8 Å². The van der Waals surface area contributed by atoms with Crippen LogP contribution in [0.15, 0.2) is 18.2 Å². The van der Waals surface area contributed by atoms with Crippen LogP contribution in [0.25, 0.3) is 0 Å². The summed E-state index contributed by atoms with van der Waals surface area (Å²) in [6.07, 6.45) is 0. The van der Waals surface area contributed by atoms with Crippen molar-refractivity contribution in [2.75, 3.05) is 18.1 Å². The molecule has 3 N–H and O–H groups in total. The van der Waals surface area contributed by atoms with Crippen LogP contribution in [0.4, 0.5) is 11.4 Å². The highest BCUT2D eigenvalue weighted by Crippen LogP contribution is 2.17. The molecule has 0 aliphatic heterocycles. The first-order chi connectivity index (χ1) is 5.74. The minimum absolute atomic E-state index is 0.808. The number of aryl methyl sites for hydroxylation is 1. The first-order valence-electron chi connectivity index (χ1n) is 4.28. The van der Waals surface area contributed by atoms with Gasteiger partial charge in [-0.2, -0.15) is 0 Å². The first kappa shape index (κ1) is 10.8. The predicted molar refractivity (Wildman–Crippen MR) is 56.5 cm³/mol. The molecule has 2 nitrogen and oxygen atoms in total. The van der Waals surface area contributed by atoms with E-state index in [1.807, 2.05) is 46.0 Å². The monoisotopic (exact) mass is 166 g/mol. The lowest BCUT2D eigenvalue weighted by molar-refractivity contribution is 1.44. The van der Waals surface area contributed by atoms with Gasteiger partial charge in [0.2, 0.25) is 0 Å². The lowest BCUT2D eigenvalue weighted by Gasteiger charge is -2.03. The van der Waals surface area contributed by atoms with Gasteiger partial charge in [0.05, 0.1) is 11.4 Å². The summed E-state index contributed by atoms with van der Waals surface area (Å²) in [6, 6.07) is 5.96. The van der Waals surface area contributed by atoms with E-state index in [1.165, 1.54) is 5.56 Å². The van der Waals surface area contributed by atoms with Crippen molar-refractivity contribution in [1.82, 2.24) is 0 Å². The zero-order valence-corrected chi connectivity index (χ0v) is 8.31. The van der Waals surface area contributed by atoms with E-state index in [4.69, 9.17) is 5.73 Å². The SMILES string of the molecule is CC.CNc1ccc(C)cc1N. The van der Waals surface area contributed by atoms with Gasteiger partial charge < -0.3 is 11.1 Å². The lowest BCUT2D eigenvalue weighted by atomic mass is 10.2. The predicted octanol–water partition coefficient (Wildman–Crippen LogP) is 2.65. The topological polar surface area (TPSA) is 38.0 Å². The third-order valence-electron chi connectivity index (χ3n) is 1.48. The first-order valence-corrected chi connectivity index (χ1v) is 4.28. The zero-order valence-electron chi connectivity index (χ0n) is 8.31. The van der Waals surface area contributed by atoms with Gasteiger partial charge in [0, 0.05) is 7.05 Å². The normalized spacial score (nSPS) is 8.33. The van der Waals surface area contributed by atoms with Gasteiger partial charge in [0.15, 0.2) is 0 Å². The Kier molecular flexibility index (Phi) is 4.93. The summed E-state index contributed by atoms with van der Waals surface area (Å²) in [7, 11) is 1.86. The molecule has 68 valence electrons. The van der Waals surface area contributed by atoms with Crippen molar-refractivity contribution in [2.24, 2.45) is 0 Å². The van der Waals surface area contributed by atoms with Crippen molar-refractivity contribution in [2.45, 2.75) is 20.8 Å². The van der Waals surface area contributed by atoms with Crippen LogP contribution in [-0.4, -0.2) is 7.05 Å². The van der Waals surface area contributed by atoms with E-state index in [9.17, 15) is 0 Å². The summed E-state index contributed by atoms with van der Waals surface area (Å²) in [4.78, 5) is 0. The fourth-order valence-corrected chi connectivity index (χ4v) is 0.910. The number of benzene rings is 1. The Morgan fingerprint density at radius 1 is 1.25 bits per heavy atom. The molecule has 0 bridgehead atoms. The molecule has 0 heterocycles. The second-order valence-electron chi connectivity index (χ2n) is 2.34. The Balaban J connectivity index is 0.000000561. The molecule has 0 saturated heterocycles. The van der Waals surface area contributed by atoms with E-state index >= 15 is 0 Å². The Labute approximate surface area is 74.8 Å². The molecular formula is C10H18N2. The second kappa shape index (κ2) is 5.47. The molecule has 0 atom stereocenters. The average molecular weight is 166 g/mol. The average Bonchev–Trinajstić information content (AvgIpc) is 2.08. The molecule has 0 aliphatic rings. The summed E-state index contributed by atoms with van der Waals surface area (Å²) in [5.41, 5.74) is 8.66. The van der Waals surface area contributed by atoms with Gasteiger partial charge in [-0.1, -0.05) is 19.9 Å². The number of nitrogens with two attached hydrogens (primary N) is 1. The van der Waals surface area contributed by atoms with Crippen LogP contribution >= 0.6 is 0 Å². The second-order valence-corrected chi connectivity index (χ2v) is 2.34. The highest BCUT2D eigenvalue weighted by atomic mass is 14.8. The van der Waals surface area contributed by atoms with E-state index in [1.54, 1.807) is 0 Å². The number of anilines is 2. The maximum atomic E-state index is 5.67. The summed E-state index contributed by atoms with van der Waals surface area (Å²) < 4.78 is 0. The third kappa shape index (κ3) is 2.82. The highest BCUT2D eigenvalue weighted by molar-refractivity contribution is 5.66. The Morgan fingerprint density at radius 3 is 2.25 bits per heavy atom. The molecule has 0 saturated carbocycles. The van der Waals surface area contributed by atoms with E-state index in [2.05, 4.69) is 5.32 Å². The van der Waals surface area contributed by atoms with Crippen LogP contribution in [0.1, 0.15) is 19.4 Å². The van der Waals surface area contributed by atoms with Gasteiger partial charge in [-0.15, -0.1) is 0 Å². The molecule has 0 radical (unpaired) electrons. The Bertz CT molecular complexity index is 231. The van der Waals surface area contributed by atoms with Crippen LogP contribution in [-0.2, 0) is 0 Å². The summed E-state index contributed by atoms with van der Waals surface area (Å²) in [5, 5.41) is 3.00. The maximum absolute atomic E-state index is 5.67. The number of nitrogens with one attached hydrogen (secondary N) is 1. The molecule has 0 amide bonds. The summed E-state index contributed by atoms with van der Waals surface area (Å²) in [5.74, 6) is 0. The number of rotatable bonds is 1. The van der Waals surface area contributed by atoms with Gasteiger partial charge in [-0.25, -0.2) is 0 Å². The van der Waals surface area contributed by atoms with Crippen LogP contribution < -0.4 is 11.1 Å². The van der Waals surface area contributed by atoms with Crippen molar-refractivity contribution < 1.29 is 0 Å². The van der Waals surface area contributed by atoms with Crippen LogP contribution in [0.3, 0.4) is 0 Å². The van der Waals surface area contributed by atoms with E-state index in [0.717, 1.165) is 11.4 Å². The molecule has 1 rings (SSSR count). The van der Waals surface area contributed by atoms with Crippen LogP contribution in [0, 0.1) is 6.92 Å². The number of hydrogen-bond donors (Lipinski definition) is 2. The minimum Gasteiger partial charge on any atom is -0.397 e. The molecule has 0 aliphatic carbocycles. The van der Waals surface area contributed by atoms with Crippen molar-refractivity contribution >= 4 is 11.4 Å². The molecule has 0 aromatic heterocycles. The van der Waals surface area contributed by atoms with E-state index in [-0.39, 0.29) is 0 Å². The smallest absolute Gasteiger partial charge is 0.0571 e. The van der Waals surface area contributed by atoms with Crippen molar-refractivity contribution in [3.8, 4) is 0 Å². The highest BCUT2D eigenvalue weighted by Gasteiger charge is 1.93. The van der Waals surface area contributed by atoms with Crippen molar-refractivity contribution in [3.63, 3.8) is 0 Å². The van der Waals surface area contributed by atoms with Crippen molar-refractivity contribution in [1.29, 1.82) is 0 Å². The molecule has 0 spiro atoms. The van der Waals surface area contributed by atoms with E-state index in [0.29, 0.717) is 0 Å². The van der Waals surface area contributed by atoms with Gasteiger partial charge in [-0.3, -0.25) is 0 Å². The molecule has 0 unspecified atom stereocenters. The fourth-order valence-electron chi connectivity index (χ4n) is 0.910. The van der Waals surface area contributed by atoms with Crippen LogP contribution in [0.5, 0.6) is 0 Å². The minimum atomic E-state index is 0.808. The molecule has 12 heavy (non-hydrogen) atoms. The maximum Gasteiger partial charge on any atom is 0.0571 e. The molecular weight excluding hydrogens is 148 g/mol. The third-order valence-corrected chi connectivity index (χ3v) is 1.48. The molecule has 2 heteroatoms. The van der Waals surface area contributed by atoms with Gasteiger partial charge >= 0.3 is 0 Å². The van der Waals surface area contributed by atoms with Crippen LogP contribution in [0.2, 0.25) is 0 Å². The fraction of sp³-hybridized carbons (Fsp3) is 0.400. The summed E-state index contributed by atoms with van der Waals surface area (Å²) in [6.45, 7) is 6.02. The molecule has 0 fully saturated rings. The zero-order chi connectivity index (χ0) is 9.56. The quantitative estimate of drug-likeness (QED) is 0.629.